The van der Waals surface area contributed by atoms with E-state index in [2.05, 4.69) is 21.2 Å². The molecule has 34 heavy (non-hydrogen) atoms. The first-order valence-electron chi connectivity index (χ1n) is 11.8. The molecular weight excluding hydrogens is 488 g/mol. The van der Waals surface area contributed by atoms with Crippen molar-refractivity contribution in [3.05, 3.63) is 106 Å². The molecule has 1 N–H and O–H groups in total. The maximum absolute atomic E-state index is 13.7. The molecule has 178 valence electrons. The van der Waals surface area contributed by atoms with Crippen LogP contribution in [0.4, 0.5) is 0 Å². The fourth-order valence-electron chi connectivity index (χ4n) is 3.81. The van der Waals surface area contributed by atoms with Gasteiger partial charge in [-0.1, -0.05) is 95.1 Å². The molecule has 0 unspecified atom stereocenters. The predicted octanol–water partition coefficient (Wildman–Crippen LogP) is 5.85. The van der Waals surface area contributed by atoms with Crippen molar-refractivity contribution >= 4 is 27.7 Å². The van der Waals surface area contributed by atoms with Crippen LogP contribution in [-0.4, -0.2) is 28.8 Å². The summed E-state index contributed by atoms with van der Waals surface area (Å²) in [5.74, 6) is -0.186. The summed E-state index contributed by atoms with van der Waals surface area (Å²) in [6.07, 6.45) is 1.53. The van der Waals surface area contributed by atoms with E-state index in [9.17, 15) is 9.59 Å². The quantitative estimate of drug-likeness (QED) is 0.364. The van der Waals surface area contributed by atoms with E-state index < -0.39 is 6.04 Å². The highest BCUT2D eigenvalue weighted by atomic mass is 79.9. The predicted molar refractivity (Wildman–Crippen MR) is 141 cm³/mol. The third-order valence-corrected chi connectivity index (χ3v) is 6.48. The number of hydrogen-bond donors (Lipinski definition) is 1. The first-order valence-corrected chi connectivity index (χ1v) is 12.6. The molecule has 0 spiro atoms. The van der Waals surface area contributed by atoms with Gasteiger partial charge in [0.05, 0.1) is 6.42 Å². The second-order valence-electron chi connectivity index (χ2n) is 8.84. The molecule has 0 bridgehead atoms. The molecule has 0 saturated carbocycles. The van der Waals surface area contributed by atoms with Crippen LogP contribution in [0.5, 0.6) is 0 Å². The van der Waals surface area contributed by atoms with Crippen molar-refractivity contribution < 1.29 is 9.59 Å². The lowest BCUT2D eigenvalue weighted by Crippen LogP contribution is -2.52. The molecule has 0 heterocycles. The van der Waals surface area contributed by atoms with E-state index in [1.807, 2.05) is 99.6 Å². The van der Waals surface area contributed by atoms with Gasteiger partial charge in [-0.25, -0.2) is 0 Å². The minimum Gasteiger partial charge on any atom is -0.352 e. The zero-order chi connectivity index (χ0) is 24.5. The third kappa shape index (κ3) is 7.56. The first-order chi connectivity index (χ1) is 16.4. The van der Waals surface area contributed by atoms with Crippen molar-refractivity contribution in [3.63, 3.8) is 0 Å². The topological polar surface area (TPSA) is 49.4 Å². The Kier molecular flexibility index (Phi) is 9.46. The molecule has 0 aliphatic rings. The van der Waals surface area contributed by atoms with Crippen LogP contribution in [0.3, 0.4) is 0 Å². The summed E-state index contributed by atoms with van der Waals surface area (Å²) in [6, 6.07) is 25.2. The average Bonchev–Trinajstić information content (AvgIpc) is 2.83. The molecule has 3 rings (SSSR count). The van der Waals surface area contributed by atoms with Crippen molar-refractivity contribution in [1.29, 1.82) is 0 Å². The lowest BCUT2D eigenvalue weighted by molar-refractivity contribution is -0.141. The molecule has 3 aromatic rings. The maximum atomic E-state index is 13.7. The SMILES string of the molecule is CC[C@@H](C)NC(=O)[C@@H](Cc1ccccc1)N(Cc1cccc(Br)c1)C(=O)Cc1ccc(C)cc1. The lowest BCUT2D eigenvalue weighted by atomic mass is 10.0. The van der Waals surface area contributed by atoms with E-state index in [1.165, 1.54) is 0 Å². The van der Waals surface area contributed by atoms with Gasteiger partial charge in [0.2, 0.25) is 11.8 Å². The van der Waals surface area contributed by atoms with Gasteiger partial charge in [0.1, 0.15) is 6.04 Å². The second-order valence-corrected chi connectivity index (χ2v) is 9.75. The molecular formula is C29H33BrN2O2. The van der Waals surface area contributed by atoms with Crippen LogP contribution in [0.2, 0.25) is 0 Å². The van der Waals surface area contributed by atoms with Crippen LogP contribution >= 0.6 is 15.9 Å². The number of rotatable bonds is 10. The second kappa shape index (κ2) is 12.5. The van der Waals surface area contributed by atoms with Crippen LogP contribution < -0.4 is 5.32 Å². The molecule has 0 aliphatic carbocycles. The van der Waals surface area contributed by atoms with Crippen LogP contribution in [0.1, 0.15) is 42.5 Å². The summed E-state index contributed by atoms with van der Waals surface area (Å²) in [4.78, 5) is 29.0. The zero-order valence-electron chi connectivity index (χ0n) is 20.1. The van der Waals surface area contributed by atoms with Gasteiger partial charge in [0, 0.05) is 23.5 Å². The van der Waals surface area contributed by atoms with Gasteiger partial charge in [-0.15, -0.1) is 0 Å². The Labute approximate surface area is 211 Å². The standard InChI is InChI=1S/C29H33BrN2O2/c1-4-22(3)31-29(34)27(18-23-9-6-5-7-10-23)32(20-25-11-8-12-26(30)17-25)28(33)19-24-15-13-21(2)14-16-24/h5-17,22,27H,4,18-20H2,1-3H3,(H,31,34)/t22-,27-/m1/s1. The number of hydrogen-bond acceptors (Lipinski definition) is 2. The molecule has 3 aromatic carbocycles. The van der Waals surface area contributed by atoms with E-state index in [1.54, 1.807) is 4.90 Å². The van der Waals surface area contributed by atoms with Gasteiger partial charge in [-0.05, 0) is 49.1 Å². The van der Waals surface area contributed by atoms with Gasteiger partial charge < -0.3 is 10.2 Å². The lowest BCUT2D eigenvalue weighted by Gasteiger charge is -2.32. The molecule has 0 saturated heterocycles. The maximum Gasteiger partial charge on any atom is 0.243 e. The van der Waals surface area contributed by atoms with Gasteiger partial charge in [0.25, 0.3) is 0 Å². The van der Waals surface area contributed by atoms with Crippen molar-refractivity contribution in [2.45, 2.75) is 58.7 Å². The number of benzene rings is 3. The molecule has 0 radical (unpaired) electrons. The minimum absolute atomic E-state index is 0.0330. The Morgan fingerprint density at radius 1 is 0.912 bits per heavy atom. The monoisotopic (exact) mass is 520 g/mol. The van der Waals surface area contributed by atoms with Crippen molar-refractivity contribution in [3.8, 4) is 0 Å². The normalized spacial score (nSPS) is 12.6. The highest BCUT2D eigenvalue weighted by molar-refractivity contribution is 9.10. The molecule has 2 atom stereocenters. The van der Waals surface area contributed by atoms with Crippen LogP contribution in [0, 0.1) is 6.92 Å². The molecule has 2 amide bonds. The highest BCUT2D eigenvalue weighted by Crippen LogP contribution is 2.19. The molecule has 5 heteroatoms. The number of nitrogens with one attached hydrogen (secondary N) is 1. The van der Waals surface area contributed by atoms with Gasteiger partial charge in [-0.2, -0.15) is 0 Å². The fraction of sp³-hybridized carbons (Fsp3) is 0.310. The number of halogens is 1. The fourth-order valence-corrected chi connectivity index (χ4v) is 4.26. The van der Waals surface area contributed by atoms with E-state index in [0.717, 1.165) is 33.1 Å². The van der Waals surface area contributed by atoms with Crippen molar-refractivity contribution in [2.24, 2.45) is 0 Å². The Morgan fingerprint density at radius 3 is 2.24 bits per heavy atom. The van der Waals surface area contributed by atoms with E-state index in [4.69, 9.17) is 0 Å². The van der Waals surface area contributed by atoms with Gasteiger partial charge in [0.15, 0.2) is 0 Å². The molecule has 0 fully saturated rings. The zero-order valence-corrected chi connectivity index (χ0v) is 21.7. The van der Waals surface area contributed by atoms with Crippen molar-refractivity contribution in [1.82, 2.24) is 10.2 Å². The largest absolute Gasteiger partial charge is 0.352 e. The Morgan fingerprint density at radius 2 is 1.59 bits per heavy atom. The molecule has 4 nitrogen and oxygen atoms in total. The number of amides is 2. The third-order valence-electron chi connectivity index (χ3n) is 5.99. The molecule has 0 aliphatic heterocycles. The number of aryl methyl sites for hydroxylation is 1. The minimum atomic E-state index is -0.617. The Balaban J connectivity index is 1.96. The van der Waals surface area contributed by atoms with Crippen LogP contribution in [-0.2, 0) is 29.0 Å². The summed E-state index contributed by atoms with van der Waals surface area (Å²) in [5.41, 5.74) is 4.09. The summed E-state index contributed by atoms with van der Waals surface area (Å²) in [6.45, 7) is 6.42. The van der Waals surface area contributed by atoms with Gasteiger partial charge >= 0.3 is 0 Å². The molecule has 0 aromatic heterocycles. The Bertz CT molecular complexity index is 1080. The summed E-state index contributed by atoms with van der Waals surface area (Å²) < 4.78 is 0.944. The number of nitrogens with zero attached hydrogens (tertiary/aromatic N) is 1. The average molecular weight is 521 g/mol. The number of carbonyl (C=O) groups is 2. The smallest absolute Gasteiger partial charge is 0.243 e. The van der Waals surface area contributed by atoms with Gasteiger partial charge in [-0.3, -0.25) is 9.59 Å². The first kappa shape index (κ1) is 25.7. The highest BCUT2D eigenvalue weighted by Gasteiger charge is 2.31. The summed E-state index contributed by atoms with van der Waals surface area (Å²) in [5, 5.41) is 3.11. The van der Waals surface area contributed by atoms with Crippen LogP contribution in [0.15, 0.2) is 83.3 Å². The summed E-state index contributed by atoms with van der Waals surface area (Å²) >= 11 is 3.53. The number of carbonyl (C=O) groups excluding carboxylic acids is 2. The van der Waals surface area contributed by atoms with E-state index in [0.29, 0.717) is 13.0 Å². The van der Waals surface area contributed by atoms with E-state index >= 15 is 0 Å². The van der Waals surface area contributed by atoms with E-state index in [-0.39, 0.29) is 24.3 Å². The summed E-state index contributed by atoms with van der Waals surface area (Å²) in [7, 11) is 0. The van der Waals surface area contributed by atoms with Crippen LogP contribution in [0.25, 0.3) is 0 Å². The Hall–Kier alpha value is -2.92. The van der Waals surface area contributed by atoms with Crippen molar-refractivity contribution in [2.75, 3.05) is 0 Å².